The van der Waals surface area contributed by atoms with Gasteiger partial charge in [-0.2, -0.15) is 4.74 Å². The van der Waals surface area contributed by atoms with Gasteiger partial charge in [-0.25, -0.2) is 0 Å². The molecular formula is C9H17O2+. The summed E-state index contributed by atoms with van der Waals surface area (Å²) >= 11 is 0. The first-order chi connectivity index (χ1) is 4.86. The highest BCUT2D eigenvalue weighted by Gasteiger charge is 2.54. The van der Waals surface area contributed by atoms with Crippen LogP contribution in [0.4, 0.5) is 0 Å². The molecule has 2 nitrogen and oxygen atoms in total. The van der Waals surface area contributed by atoms with Gasteiger partial charge in [0.05, 0.1) is 6.42 Å². The number of hydrogen-bond acceptors (Lipinski definition) is 2. The van der Waals surface area contributed by atoms with Crippen molar-refractivity contribution in [2.75, 3.05) is 0 Å². The summed E-state index contributed by atoms with van der Waals surface area (Å²) in [4.78, 5) is 0. The van der Waals surface area contributed by atoms with Crippen molar-refractivity contribution in [2.45, 2.75) is 45.3 Å². The van der Waals surface area contributed by atoms with Crippen LogP contribution in [0.2, 0.25) is 0 Å². The Kier molecular flexibility index (Phi) is 1.93. The van der Waals surface area contributed by atoms with Crippen molar-refractivity contribution in [3.05, 3.63) is 6.61 Å². The van der Waals surface area contributed by atoms with Gasteiger partial charge in [-0.3, -0.25) is 0 Å². The summed E-state index contributed by atoms with van der Waals surface area (Å²) in [6.45, 7) is 9.56. The zero-order valence-electron chi connectivity index (χ0n) is 7.72. The second-order valence-electron chi connectivity index (χ2n) is 4.32. The minimum Gasteiger partial charge on any atom is -0.348 e. The molecule has 1 fully saturated rings. The molecule has 1 rings (SSSR count). The molecule has 1 aliphatic rings. The number of hydrogen-bond donors (Lipinski definition) is 1. The monoisotopic (exact) mass is 157 g/mol. The number of rotatable bonds is 1. The summed E-state index contributed by atoms with van der Waals surface area (Å²) in [7, 11) is 0. The largest absolute Gasteiger partial charge is 0.348 e. The molecule has 0 amide bonds. The van der Waals surface area contributed by atoms with Gasteiger partial charge in [-0.1, -0.05) is 13.8 Å². The van der Waals surface area contributed by atoms with Gasteiger partial charge in [0.2, 0.25) is 5.60 Å². The van der Waals surface area contributed by atoms with E-state index in [1.54, 1.807) is 6.61 Å². The first-order valence-corrected chi connectivity index (χ1v) is 4.10. The van der Waals surface area contributed by atoms with Gasteiger partial charge in [-0.05, 0) is 13.8 Å². The van der Waals surface area contributed by atoms with Gasteiger partial charge in [0.1, 0.15) is 5.60 Å². The second-order valence-corrected chi connectivity index (χ2v) is 4.32. The van der Waals surface area contributed by atoms with Crippen LogP contribution in [0.3, 0.4) is 0 Å². The lowest BCUT2D eigenvalue weighted by atomic mass is 9.85. The molecule has 0 aromatic carbocycles. The standard InChI is InChI=1S/C9H17O2/c1-7(2)9(10)5-8(3,4)11-6-9/h6-7,10H,5H2,1-4H3/q+1. The molecule has 0 radical (unpaired) electrons. The highest BCUT2D eigenvalue weighted by atomic mass is 16.5. The Morgan fingerprint density at radius 2 is 2.00 bits per heavy atom. The Hall–Kier alpha value is -0.210. The molecule has 11 heavy (non-hydrogen) atoms. The maximum absolute atomic E-state index is 9.92. The molecule has 0 bridgehead atoms. The molecule has 0 aromatic rings. The maximum atomic E-state index is 9.92. The topological polar surface area (TPSA) is 29.5 Å². The van der Waals surface area contributed by atoms with E-state index in [-0.39, 0.29) is 11.5 Å². The highest BCUT2D eigenvalue weighted by molar-refractivity contribution is 5.01. The van der Waals surface area contributed by atoms with E-state index in [1.165, 1.54) is 0 Å². The molecule has 0 saturated carbocycles. The highest BCUT2D eigenvalue weighted by Crippen LogP contribution is 2.39. The van der Waals surface area contributed by atoms with E-state index in [9.17, 15) is 5.11 Å². The molecule has 1 heterocycles. The minimum absolute atomic E-state index is 0.195. The molecule has 0 aromatic heterocycles. The van der Waals surface area contributed by atoms with Crippen LogP contribution in [0.5, 0.6) is 0 Å². The molecular weight excluding hydrogens is 140 g/mol. The van der Waals surface area contributed by atoms with Crippen molar-refractivity contribution in [2.24, 2.45) is 5.92 Å². The summed E-state index contributed by atoms with van der Waals surface area (Å²) in [6.07, 6.45) is 0.692. The lowest BCUT2D eigenvalue weighted by Crippen LogP contribution is -2.34. The van der Waals surface area contributed by atoms with Crippen LogP contribution in [-0.2, 0) is 4.74 Å². The third-order valence-corrected chi connectivity index (χ3v) is 2.29. The normalized spacial score (nSPS) is 35.8. The molecule has 1 unspecified atom stereocenters. The Balaban J connectivity index is 2.65. The minimum atomic E-state index is -0.719. The van der Waals surface area contributed by atoms with Crippen molar-refractivity contribution in [3.8, 4) is 0 Å². The quantitative estimate of drug-likeness (QED) is 0.587. The Morgan fingerprint density at radius 3 is 2.18 bits per heavy atom. The van der Waals surface area contributed by atoms with E-state index in [1.807, 2.05) is 27.7 Å². The van der Waals surface area contributed by atoms with Crippen molar-refractivity contribution in [1.82, 2.24) is 0 Å². The molecule has 0 spiro atoms. The van der Waals surface area contributed by atoms with Crippen LogP contribution >= 0.6 is 0 Å². The van der Waals surface area contributed by atoms with Crippen LogP contribution in [0, 0.1) is 12.5 Å². The summed E-state index contributed by atoms with van der Waals surface area (Å²) in [6, 6.07) is 0. The van der Waals surface area contributed by atoms with E-state index in [0.29, 0.717) is 6.42 Å². The van der Waals surface area contributed by atoms with E-state index in [2.05, 4.69) is 0 Å². The molecule has 1 aliphatic heterocycles. The fourth-order valence-electron chi connectivity index (χ4n) is 1.37. The van der Waals surface area contributed by atoms with E-state index < -0.39 is 5.60 Å². The maximum Gasteiger partial charge on any atom is 0.261 e. The first kappa shape index (κ1) is 8.88. The third kappa shape index (κ3) is 1.68. The Labute approximate surface area is 68.6 Å². The number of aliphatic hydroxyl groups is 1. The summed E-state index contributed by atoms with van der Waals surface area (Å²) in [5.74, 6) is 0.226. The van der Waals surface area contributed by atoms with E-state index in [4.69, 9.17) is 4.74 Å². The SMILES string of the molecule is CC(C)C1(O)[CH+]OC(C)(C)C1. The van der Waals surface area contributed by atoms with E-state index >= 15 is 0 Å². The van der Waals surface area contributed by atoms with E-state index in [0.717, 1.165) is 0 Å². The van der Waals surface area contributed by atoms with Gasteiger partial charge >= 0.3 is 0 Å². The molecule has 2 heteroatoms. The van der Waals surface area contributed by atoms with Crippen LogP contribution in [0.15, 0.2) is 0 Å². The van der Waals surface area contributed by atoms with Gasteiger partial charge < -0.3 is 5.11 Å². The lowest BCUT2D eigenvalue weighted by Gasteiger charge is -2.18. The zero-order chi connectivity index (χ0) is 8.70. The molecule has 64 valence electrons. The van der Waals surface area contributed by atoms with Crippen molar-refractivity contribution >= 4 is 0 Å². The van der Waals surface area contributed by atoms with Crippen molar-refractivity contribution in [3.63, 3.8) is 0 Å². The predicted octanol–water partition coefficient (Wildman–Crippen LogP) is 1.73. The molecule has 1 N–H and O–H groups in total. The number of ether oxygens (including phenoxy) is 1. The van der Waals surface area contributed by atoms with Gasteiger partial charge in [0.15, 0.2) is 0 Å². The fraction of sp³-hybridized carbons (Fsp3) is 0.889. The molecule has 1 saturated heterocycles. The van der Waals surface area contributed by atoms with Crippen LogP contribution in [-0.4, -0.2) is 16.3 Å². The third-order valence-electron chi connectivity index (χ3n) is 2.29. The molecule has 0 aliphatic carbocycles. The second kappa shape index (κ2) is 2.39. The zero-order valence-corrected chi connectivity index (χ0v) is 7.72. The summed E-state index contributed by atoms with van der Waals surface area (Å²) < 4.78 is 5.34. The summed E-state index contributed by atoms with van der Waals surface area (Å²) in [5.41, 5.74) is -0.914. The van der Waals surface area contributed by atoms with Gasteiger partial charge in [0.25, 0.3) is 6.61 Å². The van der Waals surface area contributed by atoms with Crippen LogP contribution in [0.1, 0.15) is 34.1 Å². The lowest BCUT2D eigenvalue weighted by molar-refractivity contribution is 0.0220. The van der Waals surface area contributed by atoms with Gasteiger partial charge in [-0.15, -0.1) is 0 Å². The predicted molar refractivity (Wildman–Crippen MR) is 43.9 cm³/mol. The fourth-order valence-corrected chi connectivity index (χ4v) is 1.37. The van der Waals surface area contributed by atoms with Crippen LogP contribution < -0.4 is 0 Å². The van der Waals surface area contributed by atoms with Gasteiger partial charge in [0, 0.05) is 5.92 Å². The van der Waals surface area contributed by atoms with Crippen molar-refractivity contribution in [1.29, 1.82) is 0 Å². The Morgan fingerprint density at radius 1 is 1.45 bits per heavy atom. The average Bonchev–Trinajstić information content (AvgIpc) is 2.08. The Bertz CT molecular complexity index is 152. The average molecular weight is 157 g/mol. The first-order valence-electron chi connectivity index (χ1n) is 4.10. The van der Waals surface area contributed by atoms with Crippen LogP contribution in [0.25, 0.3) is 0 Å². The summed E-state index contributed by atoms with van der Waals surface area (Å²) in [5, 5.41) is 9.92. The smallest absolute Gasteiger partial charge is 0.261 e. The molecule has 1 atom stereocenters. The van der Waals surface area contributed by atoms with Crippen molar-refractivity contribution < 1.29 is 9.84 Å².